The number of rotatable bonds is 9. The van der Waals surface area contributed by atoms with Crippen LogP contribution in [0.25, 0.3) is 22.3 Å². The van der Waals surface area contributed by atoms with Crippen molar-refractivity contribution in [3.63, 3.8) is 0 Å². The molecule has 5 aromatic carbocycles. The Morgan fingerprint density at radius 3 is 1.07 bits per heavy atom. The number of nitro benzene ring substituents is 4. The van der Waals surface area contributed by atoms with E-state index in [4.69, 9.17) is 0 Å². The molecule has 0 heterocycles. The largest absolute Gasteiger partial charge is 0.269 e. The maximum atomic E-state index is 11.5. The van der Waals surface area contributed by atoms with Gasteiger partial charge in [-0.1, -0.05) is 24.3 Å². The van der Waals surface area contributed by atoms with E-state index < -0.39 is 19.7 Å². The average Bonchev–Trinajstić information content (AvgIpc) is 3.04. The van der Waals surface area contributed by atoms with Crippen molar-refractivity contribution < 1.29 is 19.7 Å². The molecule has 0 aliphatic carbocycles. The summed E-state index contributed by atoms with van der Waals surface area (Å²) in [5.41, 5.74) is 4.20. The Hall–Kier alpha value is -6.56. The van der Waals surface area contributed by atoms with Gasteiger partial charge in [-0.3, -0.25) is 40.5 Å². The zero-order chi connectivity index (χ0) is 31.4. The van der Waals surface area contributed by atoms with Gasteiger partial charge in [0.15, 0.2) is 0 Å². The lowest BCUT2D eigenvalue weighted by Crippen LogP contribution is -2.00. The van der Waals surface area contributed by atoms with Gasteiger partial charge in [0, 0.05) is 48.5 Å². The molecule has 12 nitrogen and oxygen atoms in total. The third kappa shape index (κ3) is 5.90. The lowest BCUT2D eigenvalue weighted by Gasteiger charge is -2.20. The molecule has 216 valence electrons. The molecule has 0 bridgehead atoms. The molecule has 5 rings (SSSR count). The third-order valence-corrected chi connectivity index (χ3v) is 6.94. The zero-order valence-electron chi connectivity index (χ0n) is 22.6. The van der Waals surface area contributed by atoms with Crippen LogP contribution in [-0.2, 0) is 0 Å². The molecule has 5 aromatic rings. The fourth-order valence-corrected chi connectivity index (χ4v) is 4.85. The topological polar surface area (TPSA) is 173 Å². The molecule has 0 amide bonds. The van der Waals surface area contributed by atoms with E-state index in [9.17, 15) is 40.5 Å². The molecule has 0 atom stereocenters. The second-order valence-corrected chi connectivity index (χ2v) is 9.51. The molecule has 0 spiro atoms. The highest BCUT2D eigenvalue weighted by atomic mass is 16.6. The third-order valence-electron chi connectivity index (χ3n) is 6.94. The Morgan fingerprint density at radius 2 is 0.705 bits per heavy atom. The fraction of sp³-hybridized carbons (Fsp3) is 0. The molecule has 0 aliphatic heterocycles. The van der Waals surface area contributed by atoms with E-state index in [0.717, 1.165) is 0 Å². The van der Waals surface area contributed by atoms with Crippen LogP contribution in [0, 0.1) is 40.5 Å². The predicted octanol–water partition coefficient (Wildman–Crippen LogP) is 7.99. The number of hydrogen-bond donors (Lipinski definition) is 0. The minimum absolute atomic E-state index is 0.0881. The molecule has 0 aromatic heterocycles. The standard InChI is InChI=1S/C32H20N4O8/c37-33(38)25-13-5-21(6-14-25)29-3-1-2-4-30(29)32(24-11-19-28(20-12-24)36(43)44)31(22-7-15-26(16-8-22)34(39)40)23-9-17-27(18-10-23)35(41)42/h1-20H. The Bertz CT molecular complexity index is 1880. The van der Waals surface area contributed by atoms with Gasteiger partial charge in [-0.15, -0.1) is 0 Å². The molecule has 0 saturated heterocycles. The molecule has 0 unspecified atom stereocenters. The second-order valence-electron chi connectivity index (χ2n) is 9.51. The molecular weight excluding hydrogens is 568 g/mol. The van der Waals surface area contributed by atoms with Crippen LogP contribution < -0.4 is 0 Å². The highest BCUT2D eigenvalue weighted by Gasteiger charge is 2.22. The fourth-order valence-electron chi connectivity index (χ4n) is 4.85. The van der Waals surface area contributed by atoms with Gasteiger partial charge in [0.2, 0.25) is 0 Å². The number of hydrogen-bond acceptors (Lipinski definition) is 8. The SMILES string of the molecule is O=[N+]([O-])c1ccc(C(=C(c2ccc([N+](=O)[O-])cc2)c2ccccc2-c2ccc([N+](=O)[O-])cc2)c2ccc([N+](=O)[O-])cc2)cc1. The molecule has 44 heavy (non-hydrogen) atoms. The van der Waals surface area contributed by atoms with Crippen LogP contribution in [0.2, 0.25) is 0 Å². The van der Waals surface area contributed by atoms with Crippen LogP contribution in [0.3, 0.4) is 0 Å². The lowest BCUT2D eigenvalue weighted by atomic mass is 9.83. The maximum absolute atomic E-state index is 11.5. The first-order valence-electron chi connectivity index (χ1n) is 13.0. The van der Waals surface area contributed by atoms with Gasteiger partial charge in [-0.25, -0.2) is 0 Å². The molecule has 12 heteroatoms. The number of benzene rings is 5. The van der Waals surface area contributed by atoms with Crippen molar-refractivity contribution in [3.8, 4) is 11.1 Å². The van der Waals surface area contributed by atoms with Crippen molar-refractivity contribution in [2.24, 2.45) is 0 Å². The minimum Gasteiger partial charge on any atom is -0.258 e. The van der Waals surface area contributed by atoms with E-state index in [0.29, 0.717) is 44.5 Å². The minimum atomic E-state index is -0.528. The molecule has 0 fully saturated rings. The van der Waals surface area contributed by atoms with E-state index >= 15 is 0 Å². The van der Waals surface area contributed by atoms with Gasteiger partial charge in [0.25, 0.3) is 22.7 Å². The van der Waals surface area contributed by atoms with Crippen LogP contribution in [0.15, 0.2) is 121 Å². The summed E-state index contributed by atoms with van der Waals surface area (Å²) in [6.07, 6.45) is 0. The number of nitrogens with zero attached hydrogens (tertiary/aromatic N) is 4. The molecule has 0 radical (unpaired) electrons. The van der Waals surface area contributed by atoms with Crippen LogP contribution in [0.4, 0.5) is 22.7 Å². The van der Waals surface area contributed by atoms with E-state index in [1.807, 2.05) is 12.1 Å². The molecule has 0 saturated carbocycles. The zero-order valence-corrected chi connectivity index (χ0v) is 22.6. The predicted molar refractivity (Wildman–Crippen MR) is 163 cm³/mol. The van der Waals surface area contributed by atoms with Crippen molar-refractivity contribution in [3.05, 3.63) is 184 Å². The van der Waals surface area contributed by atoms with E-state index in [1.54, 1.807) is 60.7 Å². The van der Waals surface area contributed by atoms with Crippen LogP contribution in [-0.4, -0.2) is 19.7 Å². The summed E-state index contributed by atoms with van der Waals surface area (Å²) in [6.45, 7) is 0. The summed E-state index contributed by atoms with van der Waals surface area (Å²) in [7, 11) is 0. The summed E-state index contributed by atoms with van der Waals surface area (Å²) in [5, 5.41) is 45.6. The van der Waals surface area contributed by atoms with Crippen molar-refractivity contribution >= 4 is 33.9 Å². The quantitative estimate of drug-likeness (QED) is 0.0946. The van der Waals surface area contributed by atoms with Gasteiger partial charge < -0.3 is 0 Å². The first kappa shape index (κ1) is 29.0. The van der Waals surface area contributed by atoms with Gasteiger partial charge >= 0.3 is 0 Å². The average molecular weight is 589 g/mol. The van der Waals surface area contributed by atoms with Crippen LogP contribution in [0.1, 0.15) is 22.3 Å². The number of nitro groups is 4. The highest BCUT2D eigenvalue weighted by Crippen LogP contribution is 2.42. The Morgan fingerprint density at radius 1 is 0.386 bits per heavy atom. The van der Waals surface area contributed by atoms with Crippen molar-refractivity contribution in [1.82, 2.24) is 0 Å². The van der Waals surface area contributed by atoms with E-state index in [-0.39, 0.29) is 22.7 Å². The van der Waals surface area contributed by atoms with Crippen LogP contribution in [0.5, 0.6) is 0 Å². The Kier molecular flexibility index (Phi) is 7.98. The Labute approximate surface area is 248 Å². The maximum Gasteiger partial charge on any atom is 0.269 e. The lowest BCUT2D eigenvalue weighted by molar-refractivity contribution is -0.385. The van der Waals surface area contributed by atoms with Crippen molar-refractivity contribution in [1.29, 1.82) is 0 Å². The molecule has 0 aliphatic rings. The summed E-state index contributed by atoms with van der Waals surface area (Å²) in [4.78, 5) is 43.5. The summed E-state index contributed by atoms with van der Waals surface area (Å²) in [5.74, 6) is 0. The number of non-ortho nitro benzene ring substituents is 4. The van der Waals surface area contributed by atoms with Crippen molar-refractivity contribution in [2.75, 3.05) is 0 Å². The smallest absolute Gasteiger partial charge is 0.258 e. The summed E-state index contributed by atoms with van der Waals surface area (Å²) >= 11 is 0. The highest BCUT2D eigenvalue weighted by molar-refractivity contribution is 6.07. The van der Waals surface area contributed by atoms with Gasteiger partial charge in [0.05, 0.1) is 19.7 Å². The first-order valence-corrected chi connectivity index (χ1v) is 13.0. The summed E-state index contributed by atoms with van der Waals surface area (Å²) in [6, 6.07) is 30.7. The van der Waals surface area contributed by atoms with E-state index in [2.05, 4.69) is 0 Å². The molecule has 0 N–H and O–H groups in total. The second kappa shape index (κ2) is 12.1. The monoisotopic (exact) mass is 588 g/mol. The van der Waals surface area contributed by atoms with Crippen molar-refractivity contribution in [2.45, 2.75) is 0 Å². The van der Waals surface area contributed by atoms with Crippen LogP contribution >= 0.6 is 0 Å². The van der Waals surface area contributed by atoms with Gasteiger partial charge in [-0.05, 0) is 93.1 Å². The van der Waals surface area contributed by atoms with Gasteiger partial charge in [-0.2, -0.15) is 0 Å². The molecular formula is C32H20N4O8. The first-order chi connectivity index (χ1) is 21.1. The van der Waals surface area contributed by atoms with Gasteiger partial charge in [0.1, 0.15) is 0 Å². The Balaban J connectivity index is 1.87. The van der Waals surface area contributed by atoms with E-state index in [1.165, 1.54) is 48.5 Å². The summed E-state index contributed by atoms with van der Waals surface area (Å²) < 4.78 is 0. The normalized spacial score (nSPS) is 10.5.